The van der Waals surface area contributed by atoms with Crippen LogP contribution in [-0.2, 0) is 0 Å². The third kappa shape index (κ3) is 2.99. The predicted octanol–water partition coefficient (Wildman–Crippen LogP) is 3.97. The Morgan fingerprint density at radius 2 is 1.74 bits per heavy atom. The highest BCUT2D eigenvalue weighted by Crippen LogP contribution is 2.26. The zero-order valence-electron chi connectivity index (χ0n) is 11.1. The largest absolute Gasteiger partial charge is 0.306 e. The van der Waals surface area contributed by atoms with Crippen molar-refractivity contribution in [2.75, 3.05) is 6.54 Å². The molecule has 0 saturated heterocycles. The summed E-state index contributed by atoms with van der Waals surface area (Å²) >= 11 is 0. The Hall–Kier alpha value is -1.74. The minimum absolute atomic E-state index is 0.324. The maximum Gasteiger partial charge on any atom is 0.128 e. The number of aryl methyl sites for hydroxylation is 1. The van der Waals surface area contributed by atoms with Gasteiger partial charge in [0.1, 0.15) is 11.6 Å². The Kier molecular flexibility index (Phi) is 4.27. The summed E-state index contributed by atoms with van der Waals surface area (Å²) in [6.07, 6.45) is 0. The van der Waals surface area contributed by atoms with E-state index in [1.807, 2.05) is 37.3 Å². The van der Waals surface area contributed by atoms with Crippen molar-refractivity contribution in [3.05, 3.63) is 70.8 Å². The van der Waals surface area contributed by atoms with Gasteiger partial charge in [0.15, 0.2) is 0 Å². The quantitative estimate of drug-likeness (QED) is 0.878. The third-order valence-electron chi connectivity index (χ3n) is 3.13. The minimum atomic E-state index is -0.381. The summed E-state index contributed by atoms with van der Waals surface area (Å²) in [5.41, 5.74) is 1.59. The van der Waals surface area contributed by atoms with Crippen LogP contribution < -0.4 is 5.32 Å². The molecule has 2 aromatic rings. The van der Waals surface area contributed by atoms with Gasteiger partial charge < -0.3 is 5.32 Å². The molecule has 0 spiro atoms. The molecule has 2 rings (SSSR count). The van der Waals surface area contributed by atoms with Crippen molar-refractivity contribution in [1.82, 2.24) is 5.32 Å². The molecule has 0 aliphatic rings. The minimum Gasteiger partial charge on any atom is -0.306 e. The van der Waals surface area contributed by atoms with E-state index >= 15 is 0 Å². The van der Waals surface area contributed by atoms with Gasteiger partial charge in [-0.2, -0.15) is 0 Å². The van der Waals surface area contributed by atoms with Crippen LogP contribution in [0, 0.1) is 18.6 Å². The number of hydrogen-bond donors (Lipinski definition) is 1. The van der Waals surface area contributed by atoms with Gasteiger partial charge >= 0.3 is 0 Å². The maximum atomic E-state index is 14.1. The van der Waals surface area contributed by atoms with Crippen molar-refractivity contribution in [1.29, 1.82) is 0 Å². The number of benzene rings is 2. The number of rotatable bonds is 4. The highest BCUT2D eigenvalue weighted by molar-refractivity contribution is 5.35. The highest BCUT2D eigenvalue weighted by Gasteiger charge is 2.18. The number of halogens is 2. The molecule has 0 aromatic heterocycles. The molecule has 100 valence electrons. The highest BCUT2D eigenvalue weighted by atomic mass is 19.1. The molecule has 3 heteroatoms. The van der Waals surface area contributed by atoms with Gasteiger partial charge in [0.05, 0.1) is 6.04 Å². The molecule has 0 aliphatic heterocycles. The van der Waals surface area contributed by atoms with Crippen LogP contribution in [0.25, 0.3) is 0 Å². The van der Waals surface area contributed by atoms with Crippen molar-refractivity contribution < 1.29 is 8.78 Å². The van der Waals surface area contributed by atoms with Gasteiger partial charge in [-0.15, -0.1) is 0 Å². The topological polar surface area (TPSA) is 12.0 Å². The monoisotopic (exact) mass is 261 g/mol. The zero-order valence-corrected chi connectivity index (χ0v) is 11.1. The molecule has 1 unspecified atom stereocenters. The molecule has 1 N–H and O–H groups in total. The lowest BCUT2D eigenvalue weighted by molar-refractivity contribution is 0.541. The Labute approximate surface area is 112 Å². The van der Waals surface area contributed by atoms with Crippen LogP contribution >= 0.6 is 0 Å². The first-order valence-corrected chi connectivity index (χ1v) is 6.37. The average molecular weight is 261 g/mol. The van der Waals surface area contributed by atoms with Gasteiger partial charge in [-0.3, -0.25) is 0 Å². The van der Waals surface area contributed by atoms with Gasteiger partial charge in [0, 0.05) is 5.56 Å². The van der Waals surface area contributed by atoms with Gasteiger partial charge in [-0.25, -0.2) is 8.78 Å². The fourth-order valence-corrected chi connectivity index (χ4v) is 2.14. The van der Waals surface area contributed by atoms with Crippen LogP contribution in [0.15, 0.2) is 42.5 Å². The second kappa shape index (κ2) is 5.93. The van der Waals surface area contributed by atoms with Crippen molar-refractivity contribution in [2.45, 2.75) is 19.9 Å². The summed E-state index contributed by atoms with van der Waals surface area (Å²) in [7, 11) is 0. The smallest absolute Gasteiger partial charge is 0.128 e. The fourth-order valence-electron chi connectivity index (χ4n) is 2.14. The van der Waals surface area contributed by atoms with Gasteiger partial charge in [-0.1, -0.05) is 37.3 Å². The van der Waals surface area contributed by atoms with Crippen LogP contribution in [0.3, 0.4) is 0 Å². The molecule has 0 radical (unpaired) electrons. The molecule has 0 bridgehead atoms. The Morgan fingerprint density at radius 1 is 1.05 bits per heavy atom. The Morgan fingerprint density at radius 3 is 2.37 bits per heavy atom. The molecule has 1 atom stereocenters. The van der Waals surface area contributed by atoms with Gasteiger partial charge in [0.25, 0.3) is 0 Å². The Balaban J connectivity index is 2.48. The summed E-state index contributed by atoms with van der Waals surface area (Å²) in [5.74, 6) is -0.760. The molecule has 0 aliphatic carbocycles. The molecule has 0 fully saturated rings. The van der Waals surface area contributed by atoms with E-state index in [2.05, 4.69) is 5.32 Å². The van der Waals surface area contributed by atoms with Crippen LogP contribution in [0.1, 0.15) is 29.7 Å². The van der Waals surface area contributed by atoms with Crippen molar-refractivity contribution in [2.24, 2.45) is 0 Å². The summed E-state index contributed by atoms with van der Waals surface area (Å²) in [5, 5.41) is 3.20. The SMILES string of the molecule is CCNC(c1ccccc1)c1cc(F)c(C)cc1F. The lowest BCUT2D eigenvalue weighted by atomic mass is 9.97. The normalized spacial score (nSPS) is 12.4. The van der Waals surface area contributed by atoms with E-state index in [0.29, 0.717) is 17.7 Å². The summed E-state index contributed by atoms with van der Waals surface area (Å²) in [6, 6.07) is 11.7. The third-order valence-corrected chi connectivity index (χ3v) is 3.13. The molecule has 2 aromatic carbocycles. The second-order valence-electron chi connectivity index (χ2n) is 4.52. The molecule has 0 saturated carbocycles. The molecule has 19 heavy (non-hydrogen) atoms. The summed E-state index contributed by atoms with van der Waals surface area (Å²) in [6.45, 7) is 4.18. The first-order chi connectivity index (χ1) is 9.13. The molecule has 1 nitrogen and oxygen atoms in total. The van der Waals surface area contributed by atoms with Crippen LogP contribution in [-0.4, -0.2) is 6.54 Å². The lowest BCUT2D eigenvalue weighted by Crippen LogP contribution is -2.23. The van der Waals surface area contributed by atoms with Crippen molar-refractivity contribution >= 4 is 0 Å². The maximum absolute atomic E-state index is 14.1. The molecule has 0 heterocycles. The standard InChI is InChI=1S/C16H17F2N/c1-3-19-16(12-7-5-4-6-8-12)13-10-14(17)11(2)9-15(13)18/h4-10,16,19H,3H2,1-2H3. The van der Waals surface area contributed by atoms with Crippen LogP contribution in [0.5, 0.6) is 0 Å². The predicted molar refractivity (Wildman–Crippen MR) is 73.1 cm³/mol. The van der Waals surface area contributed by atoms with Gasteiger partial charge in [0.2, 0.25) is 0 Å². The van der Waals surface area contributed by atoms with E-state index in [9.17, 15) is 8.78 Å². The van der Waals surface area contributed by atoms with E-state index < -0.39 is 0 Å². The lowest BCUT2D eigenvalue weighted by Gasteiger charge is -2.20. The van der Waals surface area contributed by atoms with E-state index in [4.69, 9.17) is 0 Å². The number of hydrogen-bond acceptors (Lipinski definition) is 1. The van der Waals surface area contributed by atoms with Crippen molar-refractivity contribution in [3.8, 4) is 0 Å². The summed E-state index contributed by atoms with van der Waals surface area (Å²) in [4.78, 5) is 0. The average Bonchev–Trinajstić information content (AvgIpc) is 2.42. The first kappa shape index (κ1) is 13.7. The van der Waals surface area contributed by atoms with Crippen molar-refractivity contribution in [3.63, 3.8) is 0 Å². The van der Waals surface area contributed by atoms with E-state index in [-0.39, 0.29) is 17.7 Å². The Bertz CT molecular complexity index is 552. The second-order valence-corrected chi connectivity index (χ2v) is 4.52. The first-order valence-electron chi connectivity index (χ1n) is 6.37. The number of nitrogens with one attached hydrogen (secondary N) is 1. The molecular formula is C16H17F2N. The fraction of sp³-hybridized carbons (Fsp3) is 0.250. The van der Waals surface area contributed by atoms with E-state index in [1.54, 1.807) is 6.92 Å². The summed E-state index contributed by atoms with van der Waals surface area (Å²) < 4.78 is 27.8. The zero-order chi connectivity index (χ0) is 13.8. The van der Waals surface area contributed by atoms with E-state index in [0.717, 1.165) is 5.56 Å². The van der Waals surface area contributed by atoms with Crippen LogP contribution in [0.4, 0.5) is 8.78 Å². The van der Waals surface area contributed by atoms with Gasteiger partial charge in [-0.05, 0) is 36.7 Å². The van der Waals surface area contributed by atoms with E-state index in [1.165, 1.54) is 12.1 Å². The molecule has 0 amide bonds. The molecular weight excluding hydrogens is 244 g/mol. The van der Waals surface area contributed by atoms with Crippen LogP contribution in [0.2, 0.25) is 0 Å².